The van der Waals surface area contributed by atoms with Crippen molar-refractivity contribution in [1.29, 1.82) is 0 Å². The Morgan fingerprint density at radius 1 is 1.28 bits per heavy atom. The highest BCUT2D eigenvalue weighted by Crippen LogP contribution is 2.29. The maximum absolute atomic E-state index is 6.07. The molecule has 0 amide bonds. The molecule has 0 spiro atoms. The molecular formula is C14H20BrClN2. The van der Waals surface area contributed by atoms with Gasteiger partial charge in [-0.2, -0.15) is 0 Å². The van der Waals surface area contributed by atoms with E-state index in [-0.39, 0.29) is 0 Å². The Kier molecular flexibility index (Phi) is 4.57. The highest BCUT2D eigenvalue weighted by Gasteiger charge is 2.27. The molecule has 4 heteroatoms. The van der Waals surface area contributed by atoms with E-state index < -0.39 is 0 Å². The summed E-state index contributed by atoms with van der Waals surface area (Å²) in [6.45, 7) is 6.71. The zero-order valence-electron chi connectivity index (χ0n) is 11.2. The molecule has 18 heavy (non-hydrogen) atoms. The zero-order valence-corrected chi connectivity index (χ0v) is 13.5. The van der Waals surface area contributed by atoms with Crippen LogP contribution in [0.1, 0.15) is 19.4 Å². The molecule has 2 atom stereocenters. The van der Waals surface area contributed by atoms with E-state index >= 15 is 0 Å². The van der Waals surface area contributed by atoms with Gasteiger partial charge in [0, 0.05) is 41.2 Å². The molecule has 1 aromatic carbocycles. The number of anilines is 1. The molecule has 0 aliphatic carbocycles. The van der Waals surface area contributed by atoms with Crippen LogP contribution >= 0.6 is 27.5 Å². The molecule has 100 valence electrons. The van der Waals surface area contributed by atoms with Crippen LogP contribution < -0.4 is 4.90 Å². The van der Waals surface area contributed by atoms with Crippen LogP contribution in [0.5, 0.6) is 0 Å². The predicted octanol–water partition coefficient (Wildman–Crippen LogP) is 3.76. The van der Waals surface area contributed by atoms with E-state index in [9.17, 15) is 0 Å². The summed E-state index contributed by atoms with van der Waals surface area (Å²) < 4.78 is 0. The Bertz CT molecular complexity index is 412. The smallest absolute Gasteiger partial charge is 0.0410 e. The molecule has 1 aliphatic rings. The Morgan fingerprint density at radius 3 is 2.44 bits per heavy atom. The van der Waals surface area contributed by atoms with Gasteiger partial charge in [-0.3, -0.25) is 4.90 Å². The van der Waals surface area contributed by atoms with Crippen LogP contribution in [-0.2, 0) is 5.33 Å². The first kappa shape index (κ1) is 14.2. The van der Waals surface area contributed by atoms with Gasteiger partial charge in [-0.25, -0.2) is 0 Å². The predicted molar refractivity (Wildman–Crippen MR) is 83.0 cm³/mol. The molecule has 1 aromatic rings. The van der Waals surface area contributed by atoms with Crippen LogP contribution in [0.25, 0.3) is 0 Å². The molecule has 2 nitrogen and oxygen atoms in total. The number of piperazine rings is 1. The molecule has 1 aliphatic heterocycles. The van der Waals surface area contributed by atoms with Gasteiger partial charge in [-0.05, 0) is 44.7 Å². The monoisotopic (exact) mass is 330 g/mol. The van der Waals surface area contributed by atoms with Gasteiger partial charge in [0.25, 0.3) is 0 Å². The molecule has 2 unspecified atom stereocenters. The molecule has 2 rings (SSSR count). The standard InChI is InChI=1S/C14H20BrClN2/c1-10-8-18(9-11(2)17(10)3)14-5-4-13(16)6-12(14)7-15/h4-6,10-11H,7-9H2,1-3H3. The number of halogens is 2. The van der Waals surface area contributed by atoms with Crippen LogP contribution in [0.4, 0.5) is 5.69 Å². The minimum atomic E-state index is 0.576. The lowest BCUT2D eigenvalue weighted by atomic mass is 10.1. The number of hydrogen-bond acceptors (Lipinski definition) is 2. The Morgan fingerprint density at radius 2 is 1.89 bits per heavy atom. The van der Waals surface area contributed by atoms with Crippen LogP contribution in [-0.4, -0.2) is 37.1 Å². The lowest BCUT2D eigenvalue weighted by Gasteiger charge is -2.44. The molecule has 0 N–H and O–H groups in total. The highest BCUT2D eigenvalue weighted by atomic mass is 79.9. The van der Waals surface area contributed by atoms with E-state index in [1.165, 1.54) is 11.3 Å². The fourth-order valence-corrected chi connectivity index (χ4v) is 3.21. The third kappa shape index (κ3) is 2.84. The minimum absolute atomic E-state index is 0.576. The van der Waals surface area contributed by atoms with Crippen LogP contribution in [0.3, 0.4) is 0 Å². The van der Waals surface area contributed by atoms with Crippen molar-refractivity contribution in [3.63, 3.8) is 0 Å². The van der Waals surface area contributed by atoms with Crippen LogP contribution in [0.2, 0.25) is 5.02 Å². The average Bonchev–Trinajstić information content (AvgIpc) is 2.35. The highest BCUT2D eigenvalue weighted by molar-refractivity contribution is 9.08. The summed E-state index contributed by atoms with van der Waals surface area (Å²) in [5.74, 6) is 0. The molecular weight excluding hydrogens is 312 g/mol. The number of alkyl halides is 1. The third-order valence-electron chi connectivity index (χ3n) is 3.89. The quantitative estimate of drug-likeness (QED) is 0.761. The fraction of sp³-hybridized carbons (Fsp3) is 0.571. The van der Waals surface area contributed by atoms with E-state index in [1.807, 2.05) is 6.07 Å². The maximum Gasteiger partial charge on any atom is 0.0410 e. The Balaban J connectivity index is 2.26. The number of hydrogen-bond donors (Lipinski definition) is 0. The number of nitrogens with zero attached hydrogens (tertiary/aromatic N) is 2. The molecule has 1 fully saturated rings. The molecule has 0 radical (unpaired) electrons. The second-order valence-electron chi connectivity index (χ2n) is 5.18. The normalized spacial score (nSPS) is 25.5. The topological polar surface area (TPSA) is 6.48 Å². The summed E-state index contributed by atoms with van der Waals surface area (Å²) in [5.41, 5.74) is 2.58. The molecule has 0 bridgehead atoms. The van der Waals surface area contributed by atoms with Gasteiger partial charge in [0.05, 0.1) is 0 Å². The van der Waals surface area contributed by atoms with Gasteiger partial charge in [0.1, 0.15) is 0 Å². The van der Waals surface area contributed by atoms with Crippen molar-refractivity contribution in [2.45, 2.75) is 31.3 Å². The summed E-state index contributed by atoms with van der Waals surface area (Å²) in [6.07, 6.45) is 0. The van der Waals surface area contributed by atoms with Crippen molar-refractivity contribution in [3.05, 3.63) is 28.8 Å². The molecule has 0 saturated carbocycles. The van der Waals surface area contributed by atoms with Crippen molar-refractivity contribution < 1.29 is 0 Å². The van der Waals surface area contributed by atoms with E-state index in [4.69, 9.17) is 11.6 Å². The van der Waals surface area contributed by atoms with E-state index in [0.29, 0.717) is 12.1 Å². The minimum Gasteiger partial charge on any atom is -0.368 e. The molecule has 1 saturated heterocycles. The number of rotatable bonds is 2. The average molecular weight is 332 g/mol. The fourth-order valence-electron chi connectivity index (χ4n) is 2.57. The van der Waals surface area contributed by atoms with E-state index in [1.54, 1.807) is 0 Å². The molecule has 0 aromatic heterocycles. The van der Waals surface area contributed by atoms with Crippen molar-refractivity contribution in [1.82, 2.24) is 4.90 Å². The number of benzene rings is 1. The zero-order chi connectivity index (χ0) is 13.3. The summed E-state index contributed by atoms with van der Waals surface area (Å²) in [7, 11) is 2.21. The Labute approximate surface area is 123 Å². The van der Waals surface area contributed by atoms with Crippen molar-refractivity contribution in [3.8, 4) is 0 Å². The van der Waals surface area contributed by atoms with Crippen molar-refractivity contribution in [2.75, 3.05) is 25.0 Å². The summed E-state index contributed by atoms with van der Waals surface area (Å²) in [6, 6.07) is 7.33. The summed E-state index contributed by atoms with van der Waals surface area (Å²) in [4.78, 5) is 4.92. The summed E-state index contributed by atoms with van der Waals surface area (Å²) in [5, 5.41) is 1.65. The van der Waals surface area contributed by atoms with Gasteiger partial charge < -0.3 is 4.90 Å². The first-order valence-corrected chi connectivity index (χ1v) is 7.84. The second-order valence-corrected chi connectivity index (χ2v) is 6.17. The SMILES string of the molecule is CC1CN(c2ccc(Cl)cc2CBr)CC(C)N1C. The Hall–Kier alpha value is -0.250. The van der Waals surface area contributed by atoms with Gasteiger partial charge in [-0.1, -0.05) is 27.5 Å². The third-order valence-corrected chi connectivity index (χ3v) is 4.73. The molecule has 1 heterocycles. The van der Waals surface area contributed by atoms with E-state index in [0.717, 1.165) is 23.4 Å². The largest absolute Gasteiger partial charge is 0.368 e. The van der Waals surface area contributed by atoms with Gasteiger partial charge in [-0.15, -0.1) is 0 Å². The van der Waals surface area contributed by atoms with Crippen LogP contribution in [0, 0.1) is 0 Å². The van der Waals surface area contributed by atoms with Gasteiger partial charge in [0.15, 0.2) is 0 Å². The van der Waals surface area contributed by atoms with Gasteiger partial charge in [0.2, 0.25) is 0 Å². The maximum atomic E-state index is 6.07. The van der Waals surface area contributed by atoms with Crippen LogP contribution in [0.15, 0.2) is 18.2 Å². The van der Waals surface area contributed by atoms with E-state index in [2.05, 4.69) is 58.8 Å². The van der Waals surface area contributed by atoms with Gasteiger partial charge >= 0.3 is 0 Å². The first-order chi connectivity index (χ1) is 8.52. The lowest BCUT2D eigenvalue weighted by molar-refractivity contribution is 0.170. The first-order valence-electron chi connectivity index (χ1n) is 6.34. The summed E-state index contributed by atoms with van der Waals surface area (Å²) >= 11 is 9.62. The van der Waals surface area contributed by atoms with Crippen molar-refractivity contribution >= 4 is 33.2 Å². The second kappa shape index (κ2) is 5.81. The lowest BCUT2D eigenvalue weighted by Crippen LogP contribution is -2.55. The van der Waals surface area contributed by atoms with Crippen molar-refractivity contribution in [2.24, 2.45) is 0 Å². The number of likely N-dealkylation sites (N-methyl/N-ethyl adjacent to an activating group) is 1.